The lowest BCUT2D eigenvalue weighted by molar-refractivity contribution is 0.277. The summed E-state index contributed by atoms with van der Waals surface area (Å²) in [4.78, 5) is 35.4. The Labute approximate surface area is 110 Å². The van der Waals surface area contributed by atoms with Gasteiger partial charge in [0.05, 0.1) is 5.37 Å². The van der Waals surface area contributed by atoms with Crippen LogP contribution in [0.5, 0.6) is 0 Å². The molecule has 0 amide bonds. The van der Waals surface area contributed by atoms with Crippen LogP contribution in [0, 0.1) is 11.8 Å². The normalized spacial score (nSPS) is 36.4. The van der Waals surface area contributed by atoms with Gasteiger partial charge >= 0.3 is 15.2 Å². The predicted molar refractivity (Wildman–Crippen MR) is 68.4 cm³/mol. The SMILES string of the molecule is O=P(O)(O)C1(P(=O)(O)O)CC2CCNC(S)C2C1. The molecular weight excluding hydrogens is 300 g/mol. The van der Waals surface area contributed by atoms with Crippen molar-refractivity contribution in [3.8, 4) is 0 Å². The highest BCUT2D eigenvalue weighted by Gasteiger charge is 2.66. The van der Waals surface area contributed by atoms with Gasteiger partial charge in [0.1, 0.15) is 0 Å². The van der Waals surface area contributed by atoms with E-state index in [9.17, 15) is 28.7 Å². The second-order valence-corrected chi connectivity index (χ2v) is 9.89. The zero-order valence-electron chi connectivity index (χ0n) is 9.51. The molecule has 2 aliphatic rings. The minimum atomic E-state index is -4.89. The molecule has 5 N–H and O–H groups in total. The van der Waals surface area contributed by atoms with Gasteiger partial charge in [-0.2, -0.15) is 12.6 Å². The standard InChI is InChI=1S/C8H17NO6P2S/c10-16(11,12)8(17(13,14)15)3-5-1-2-9-7(18)6(5)4-8/h5-7,9,18H,1-4H2,(H2,10,11,12)(H2,13,14,15). The monoisotopic (exact) mass is 317 g/mol. The Bertz CT molecular complexity index is 411. The van der Waals surface area contributed by atoms with Gasteiger partial charge in [0.15, 0.2) is 4.90 Å². The molecule has 18 heavy (non-hydrogen) atoms. The van der Waals surface area contributed by atoms with Crippen LogP contribution in [0.4, 0.5) is 0 Å². The van der Waals surface area contributed by atoms with Crippen molar-refractivity contribution in [3.05, 3.63) is 0 Å². The molecule has 0 spiro atoms. The van der Waals surface area contributed by atoms with Gasteiger partial charge in [-0.25, -0.2) is 0 Å². The number of nitrogens with one attached hydrogen (secondary N) is 1. The van der Waals surface area contributed by atoms with Crippen molar-refractivity contribution in [2.24, 2.45) is 11.8 Å². The average molecular weight is 317 g/mol. The Morgan fingerprint density at radius 1 is 1.11 bits per heavy atom. The molecule has 7 nitrogen and oxygen atoms in total. The molecule has 1 heterocycles. The second kappa shape index (κ2) is 4.57. The van der Waals surface area contributed by atoms with Crippen molar-refractivity contribution in [1.82, 2.24) is 5.32 Å². The summed E-state index contributed by atoms with van der Waals surface area (Å²) in [7, 11) is -9.78. The third-order valence-corrected chi connectivity index (χ3v) is 9.14. The van der Waals surface area contributed by atoms with E-state index >= 15 is 0 Å². The van der Waals surface area contributed by atoms with Gasteiger partial charge < -0.3 is 24.9 Å². The molecule has 1 saturated carbocycles. The van der Waals surface area contributed by atoms with E-state index < -0.39 is 20.1 Å². The number of piperidine rings is 1. The quantitative estimate of drug-likeness (QED) is 0.320. The van der Waals surface area contributed by atoms with E-state index in [-0.39, 0.29) is 30.1 Å². The molecule has 10 heteroatoms. The van der Waals surface area contributed by atoms with E-state index in [2.05, 4.69) is 17.9 Å². The van der Waals surface area contributed by atoms with Crippen molar-refractivity contribution in [3.63, 3.8) is 0 Å². The summed E-state index contributed by atoms with van der Waals surface area (Å²) in [5.74, 6) is -0.323. The number of rotatable bonds is 2. The van der Waals surface area contributed by atoms with E-state index in [1.54, 1.807) is 0 Å². The number of fused-ring (bicyclic) bond motifs is 1. The Morgan fingerprint density at radius 2 is 1.67 bits per heavy atom. The maximum absolute atomic E-state index is 11.6. The lowest BCUT2D eigenvalue weighted by Crippen LogP contribution is -2.40. The fraction of sp³-hybridized carbons (Fsp3) is 1.00. The van der Waals surface area contributed by atoms with Crippen molar-refractivity contribution in [1.29, 1.82) is 0 Å². The highest BCUT2D eigenvalue weighted by molar-refractivity contribution is 7.80. The first-order chi connectivity index (χ1) is 8.08. The van der Waals surface area contributed by atoms with Crippen LogP contribution in [0.1, 0.15) is 19.3 Å². The molecule has 0 radical (unpaired) electrons. The zero-order valence-corrected chi connectivity index (χ0v) is 12.2. The van der Waals surface area contributed by atoms with Gasteiger partial charge in [0.2, 0.25) is 0 Å². The molecule has 1 aliphatic heterocycles. The lowest BCUT2D eigenvalue weighted by Gasteiger charge is -2.31. The number of thiol groups is 1. The van der Waals surface area contributed by atoms with Crippen molar-refractivity contribution in [2.45, 2.75) is 29.5 Å². The first kappa shape index (κ1) is 15.0. The van der Waals surface area contributed by atoms with Crippen LogP contribution in [0.2, 0.25) is 0 Å². The van der Waals surface area contributed by atoms with E-state index in [0.29, 0.717) is 13.0 Å². The molecule has 0 aromatic heterocycles. The van der Waals surface area contributed by atoms with Crippen LogP contribution in [0.3, 0.4) is 0 Å². The molecule has 2 rings (SSSR count). The van der Waals surface area contributed by atoms with E-state index in [1.165, 1.54) is 0 Å². The predicted octanol–water partition coefficient (Wildman–Crippen LogP) is 0.313. The molecule has 3 unspecified atom stereocenters. The summed E-state index contributed by atoms with van der Waals surface area (Å²) in [6.45, 7) is 0.647. The topological polar surface area (TPSA) is 127 Å². The summed E-state index contributed by atoms with van der Waals surface area (Å²) in [6, 6.07) is 0. The Morgan fingerprint density at radius 3 is 2.11 bits per heavy atom. The molecular formula is C8H17NO6P2S. The van der Waals surface area contributed by atoms with Crippen molar-refractivity contribution in [2.75, 3.05) is 6.54 Å². The van der Waals surface area contributed by atoms with Gasteiger partial charge in [-0.3, -0.25) is 9.13 Å². The summed E-state index contributed by atoms with van der Waals surface area (Å²) < 4.78 is 23.2. The van der Waals surface area contributed by atoms with Crippen LogP contribution >= 0.6 is 27.8 Å². The maximum atomic E-state index is 11.6. The molecule has 1 saturated heterocycles. The third-order valence-electron chi connectivity index (χ3n) is 4.12. The Hall–Kier alpha value is 0.610. The number of hydrogen-bond donors (Lipinski definition) is 6. The van der Waals surface area contributed by atoms with Gasteiger partial charge in [-0.15, -0.1) is 0 Å². The van der Waals surface area contributed by atoms with Crippen LogP contribution in [-0.4, -0.2) is 36.4 Å². The Kier molecular flexibility index (Phi) is 3.81. The summed E-state index contributed by atoms with van der Waals surface area (Å²) in [5.41, 5.74) is 0. The van der Waals surface area contributed by atoms with Crippen LogP contribution in [0.15, 0.2) is 0 Å². The van der Waals surface area contributed by atoms with Crippen molar-refractivity contribution < 1.29 is 28.7 Å². The van der Waals surface area contributed by atoms with Gasteiger partial charge in [0.25, 0.3) is 0 Å². The van der Waals surface area contributed by atoms with Gasteiger partial charge in [0, 0.05) is 0 Å². The number of hydrogen-bond acceptors (Lipinski definition) is 4. The summed E-state index contributed by atoms with van der Waals surface area (Å²) in [6.07, 6.45) is 0.335. The minimum absolute atomic E-state index is 0.103. The van der Waals surface area contributed by atoms with Crippen LogP contribution in [-0.2, 0) is 9.13 Å². The molecule has 1 aliphatic carbocycles. The van der Waals surface area contributed by atoms with E-state index in [0.717, 1.165) is 0 Å². The van der Waals surface area contributed by atoms with Crippen LogP contribution < -0.4 is 5.32 Å². The first-order valence-electron chi connectivity index (χ1n) is 5.61. The molecule has 0 aromatic rings. The fourth-order valence-corrected chi connectivity index (χ4v) is 6.78. The average Bonchev–Trinajstić information content (AvgIpc) is 2.57. The molecule has 0 aromatic carbocycles. The fourth-order valence-electron chi connectivity index (χ4n) is 3.10. The third kappa shape index (κ3) is 2.23. The molecule has 2 fully saturated rings. The van der Waals surface area contributed by atoms with E-state index in [4.69, 9.17) is 0 Å². The smallest absolute Gasteiger partial charge is 0.324 e. The van der Waals surface area contributed by atoms with Gasteiger partial charge in [-0.1, -0.05) is 0 Å². The zero-order chi connectivity index (χ0) is 13.8. The van der Waals surface area contributed by atoms with Crippen LogP contribution in [0.25, 0.3) is 0 Å². The summed E-state index contributed by atoms with van der Waals surface area (Å²) >= 11 is 4.29. The first-order valence-corrected chi connectivity index (χ1v) is 9.35. The molecule has 3 atom stereocenters. The maximum Gasteiger partial charge on any atom is 0.343 e. The molecule has 106 valence electrons. The highest BCUT2D eigenvalue weighted by atomic mass is 32.1. The Balaban J connectivity index is 2.42. The summed E-state index contributed by atoms with van der Waals surface area (Å²) in [5, 5.41) is 2.78. The lowest BCUT2D eigenvalue weighted by atomic mass is 9.90. The second-order valence-electron chi connectivity index (χ2n) is 5.09. The largest absolute Gasteiger partial charge is 0.343 e. The minimum Gasteiger partial charge on any atom is -0.324 e. The highest BCUT2D eigenvalue weighted by Crippen LogP contribution is 2.77. The van der Waals surface area contributed by atoms with E-state index in [1.807, 2.05) is 0 Å². The molecule has 0 bridgehead atoms. The van der Waals surface area contributed by atoms with Gasteiger partial charge in [-0.05, 0) is 37.6 Å². The van der Waals surface area contributed by atoms with Crippen molar-refractivity contribution >= 4 is 27.8 Å².